The van der Waals surface area contributed by atoms with E-state index in [9.17, 15) is 4.79 Å². The molecule has 0 aliphatic heterocycles. The summed E-state index contributed by atoms with van der Waals surface area (Å²) < 4.78 is 5.46. The molecule has 0 saturated heterocycles. The molecule has 3 nitrogen and oxygen atoms in total. The van der Waals surface area contributed by atoms with Gasteiger partial charge in [-0.15, -0.1) is 0 Å². The predicted molar refractivity (Wildman–Crippen MR) is 93.1 cm³/mol. The Labute approximate surface area is 134 Å². The summed E-state index contributed by atoms with van der Waals surface area (Å²) in [5.41, 5.74) is 0.300. The lowest BCUT2D eigenvalue weighted by Gasteiger charge is -2.29. The van der Waals surface area contributed by atoms with Gasteiger partial charge in [0.15, 0.2) is 6.04 Å². The number of ether oxygens (including phenoxy) is 1. The highest BCUT2D eigenvalue weighted by atomic mass is 16.6. The van der Waals surface area contributed by atoms with Crippen molar-refractivity contribution in [2.24, 2.45) is 10.4 Å². The van der Waals surface area contributed by atoms with Crippen molar-refractivity contribution in [3.8, 4) is 0 Å². The van der Waals surface area contributed by atoms with Gasteiger partial charge in [0, 0.05) is 6.21 Å². The summed E-state index contributed by atoms with van der Waals surface area (Å²) in [7, 11) is 0. The molecule has 0 unspecified atom stereocenters. The minimum absolute atomic E-state index is 0.288. The zero-order valence-corrected chi connectivity index (χ0v) is 14.5. The SMILES string of the molecule is CC(C)(C)OC(=O)[C@@H](N=C/C=C/c1ccccc1)C(C)(C)C. The van der Waals surface area contributed by atoms with E-state index in [1.165, 1.54) is 0 Å². The molecule has 0 radical (unpaired) electrons. The molecular weight excluding hydrogens is 274 g/mol. The van der Waals surface area contributed by atoms with E-state index in [2.05, 4.69) is 4.99 Å². The van der Waals surface area contributed by atoms with E-state index in [1.807, 2.05) is 84.0 Å². The van der Waals surface area contributed by atoms with E-state index >= 15 is 0 Å². The van der Waals surface area contributed by atoms with Crippen LogP contribution in [-0.4, -0.2) is 23.8 Å². The summed E-state index contributed by atoms with van der Waals surface area (Å²) in [6.45, 7) is 11.6. The van der Waals surface area contributed by atoms with Crippen LogP contribution >= 0.6 is 0 Å². The lowest BCUT2D eigenvalue weighted by atomic mass is 9.87. The van der Waals surface area contributed by atoms with Crippen LogP contribution in [0.25, 0.3) is 6.08 Å². The fourth-order valence-electron chi connectivity index (χ4n) is 1.85. The molecule has 0 heterocycles. The molecule has 1 atom stereocenters. The van der Waals surface area contributed by atoms with E-state index < -0.39 is 11.6 Å². The number of benzene rings is 1. The number of carbonyl (C=O) groups is 1. The largest absolute Gasteiger partial charge is 0.458 e. The molecule has 0 aromatic heterocycles. The number of hydrogen-bond donors (Lipinski definition) is 0. The van der Waals surface area contributed by atoms with Crippen LogP contribution in [0.4, 0.5) is 0 Å². The Morgan fingerprint density at radius 2 is 1.68 bits per heavy atom. The van der Waals surface area contributed by atoms with Gasteiger partial charge in [-0.25, -0.2) is 4.79 Å². The third-order valence-electron chi connectivity index (χ3n) is 2.86. The van der Waals surface area contributed by atoms with Gasteiger partial charge in [-0.05, 0) is 37.8 Å². The van der Waals surface area contributed by atoms with Crippen LogP contribution in [0.2, 0.25) is 0 Å². The molecule has 1 aromatic carbocycles. The molecule has 3 heteroatoms. The quantitative estimate of drug-likeness (QED) is 0.605. The Hall–Kier alpha value is -1.90. The summed E-state index contributed by atoms with van der Waals surface area (Å²) in [5, 5.41) is 0. The second kappa shape index (κ2) is 7.39. The van der Waals surface area contributed by atoms with Gasteiger partial charge in [0.25, 0.3) is 0 Å². The maximum Gasteiger partial charge on any atom is 0.331 e. The molecule has 0 amide bonds. The normalized spacial score (nSPS) is 14.5. The van der Waals surface area contributed by atoms with Crippen molar-refractivity contribution >= 4 is 18.3 Å². The maximum absolute atomic E-state index is 12.3. The fraction of sp³-hybridized carbons (Fsp3) is 0.474. The zero-order valence-electron chi connectivity index (χ0n) is 14.5. The Morgan fingerprint density at radius 1 is 1.09 bits per heavy atom. The topological polar surface area (TPSA) is 38.7 Å². The molecular formula is C19H27NO2. The van der Waals surface area contributed by atoms with Crippen LogP contribution in [0.5, 0.6) is 0 Å². The standard InChI is InChI=1S/C19H27NO2/c1-18(2,3)16(17(21)22-19(4,5)6)20-14-10-13-15-11-8-7-9-12-15/h7-14,16H,1-6H3/b13-10+,20-14?/t16-/m1/s1. The molecule has 0 N–H and O–H groups in total. The molecule has 0 saturated carbocycles. The molecule has 0 spiro atoms. The average Bonchev–Trinajstić information content (AvgIpc) is 2.36. The van der Waals surface area contributed by atoms with E-state index in [4.69, 9.17) is 4.74 Å². The third-order valence-corrected chi connectivity index (χ3v) is 2.86. The molecule has 120 valence electrons. The van der Waals surface area contributed by atoms with Crippen molar-refractivity contribution in [2.75, 3.05) is 0 Å². The zero-order chi connectivity index (χ0) is 16.8. The Morgan fingerprint density at radius 3 is 2.18 bits per heavy atom. The summed E-state index contributed by atoms with van der Waals surface area (Å²) in [6.07, 6.45) is 5.48. The fourth-order valence-corrected chi connectivity index (χ4v) is 1.85. The van der Waals surface area contributed by atoms with Crippen molar-refractivity contribution < 1.29 is 9.53 Å². The highest BCUT2D eigenvalue weighted by Crippen LogP contribution is 2.25. The first kappa shape index (κ1) is 18.1. The summed E-state index contributed by atoms with van der Waals surface area (Å²) in [6, 6.07) is 9.44. The monoisotopic (exact) mass is 301 g/mol. The van der Waals surface area contributed by atoms with Gasteiger partial charge in [0.2, 0.25) is 0 Å². The lowest BCUT2D eigenvalue weighted by Crippen LogP contribution is -2.38. The van der Waals surface area contributed by atoms with Crippen molar-refractivity contribution in [3.05, 3.63) is 42.0 Å². The number of carbonyl (C=O) groups excluding carboxylic acids is 1. The van der Waals surface area contributed by atoms with Crippen molar-refractivity contribution in [1.82, 2.24) is 0 Å². The molecule has 1 aromatic rings. The van der Waals surface area contributed by atoms with E-state index in [0.717, 1.165) is 5.56 Å². The average molecular weight is 301 g/mol. The number of nitrogens with zero attached hydrogens (tertiary/aromatic N) is 1. The van der Waals surface area contributed by atoms with Crippen molar-refractivity contribution in [3.63, 3.8) is 0 Å². The molecule has 0 aliphatic rings. The van der Waals surface area contributed by atoms with Gasteiger partial charge in [-0.2, -0.15) is 0 Å². The van der Waals surface area contributed by atoms with Gasteiger partial charge in [-0.1, -0.05) is 57.2 Å². The number of rotatable bonds is 4. The Balaban J connectivity index is 2.80. The van der Waals surface area contributed by atoms with Gasteiger partial charge in [0.1, 0.15) is 5.60 Å². The van der Waals surface area contributed by atoms with Gasteiger partial charge >= 0.3 is 5.97 Å². The summed E-state index contributed by atoms with van der Waals surface area (Å²) in [5.74, 6) is -0.288. The predicted octanol–water partition coefficient (Wildman–Crippen LogP) is 4.53. The van der Waals surface area contributed by atoms with E-state index in [1.54, 1.807) is 6.21 Å². The van der Waals surface area contributed by atoms with E-state index in [-0.39, 0.29) is 11.4 Å². The minimum atomic E-state index is -0.521. The number of aliphatic imine (C=N–C) groups is 1. The van der Waals surface area contributed by atoms with Crippen LogP contribution in [-0.2, 0) is 9.53 Å². The van der Waals surface area contributed by atoms with Gasteiger partial charge < -0.3 is 4.74 Å². The number of esters is 1. The number of hydrogen-bond acceptors (Lipinski definition) is 3. The first-order valence-electron chi connectivity index (χ1n) is 7.57. The Bertz CT molecular complexity index is 531. The first-order valence-corrected chi connectivity index (χ1v) is 7.57. The van der Waals surface area contributed by atoms with Crippen LogP contribution in [0.1, 0.15) is 47.1 Å². The minimum Gasteiger partial charge on any atom is -0.458 e. The highest BCUT2D eigenvalue weighted by Gasteiger charge is 2.34. The smallest absolute Gasteiger partial charge is 0.331 e. The highest BCUT2D eigenvalue weighted by molar-refractivity contribution is 5.83. The summed E-state index contributed by atoms with van der Waals surface area (Å²) in [4.78, 5) is 16.7. The second-order valence-electron chi connectivity index (χ2n) is 7.37. The molecule has 1 rings (SSSR count). The first-order chi connectivity index (χ1) is 10.1. The van der Waals surface area contributed by atoms with Gasteiger partial charge in [-0.3, -0.25) is 4.99 Å². The van der Waals surface area contributed by atoms with E-state index in [0.29, 0.717) is 0 Å². The second-order valence-corrected chi connectivity index (χ2v) is 7.37. The number of allylic oxidation sites excluding steroid dienone is 1. The molecule has 0 fully saturated rings. The molecule has 0 bridgehead atoms. The third kappa shape index (κ3) is 6.70. The van der Waals surface area contributed by atoms with Crippen molar-refractivity contribution in [2.45, 2.75) is 53.2 Å². The van der Waals surface area contributed by atoms with Crippen LogP contribution < -0.4 is 0 Å². The summed E-state index contributed by atoms with van der Waals surface area (Å²) >= 11 is 0. The van der Waals surface area contributed by atoms with Crippen LogP contribution in [0.15, 0.2) is 41.4 Å². The molecule has 22 heavy (non-hydrogen) atoms. The lowest BCUT2D eigenvalue weighted by molar-refractivity contribution is -0.158. The molecule has 0 aliphatic carbocycles. The van der Waals surface area contributed by atoms with Gasteiger partial charge in [0.05, 0.1) is 0 Å². The van der Waals surface area contributed by atoms with Crippen LogP contribution in [0, 0.1) is 5.41 Å². The Kier molecular flexibility index (Phi) is 6.10. The maximum atomic E-state index is 12.3. The van der Waals surface area contributed by atoms with Crippen LogP contribution in [0.3, 0.4) is 0 Å². The van der Waals surface area contributed by atoms with Crippen molar-refractivity contribution in [1.29, 1.82) is 0 Å².